The molecule has 0 radical (unpaired) electrons. The van der Waals surface area contributed by atoms with Gasteiger partial charge >= 0.3 is 0 Å². The first-order chi connectivity index (χ1) is 14.2. The van der Waals surface area contributed by atoms with Gasteiger partial charge in [0.05, 0.1) is 9.92 Å². The summed E-state index contributed by atoms with van der Waals surface area (Å²) < 4.78 is 40.9. The Bertz CT molecular complexity index is 1200. The van der Waals surface area contributed by atoms with Gasteiger partial charge in [0, 0.05) is 23.5 Å². The fraction of sp³-hybridized carbons (Fsp3) is 0.200. The van der Waals surface area contributed by atoms with Crippen LogP contribution in [0, 0.1) is 5.82 Å². The summed E-state index contributed by atoms with van der Waals surface area (Å²) in [5, 5.41) is 2.36. The molecule has 2 amide bonds. The SMILES string of the molecule is C=C1CCC(N2Cc3cc(NS(=O)(=O)c4ccc(F)c(Cl)c4)ccc3C2=O)C(=O)N1. The van der Waals surface area contributed by atoms with Gasteiger partial charge in [0.1, 0.15) is 11.9 Å². The highest BCUT2D eigenvalue weighted by atomic mass is 35.5. The van der Waals surface area contributed by atoms with E-state index in [1.165, 1.54) is 17.0 Å². The van der Waals surface area contributed by atoms with Crippen molar-refractivity contribution in [2.45, 2.75) is 30.3 Å². The Morgan fingerprint density at radius 3 is 2.67 bits per heavy atom. The summed E-state index contributed by atoms with van der Waals surface area (Å²) in [5.74, 6) is -1.28. The lowest BCUT2D eigenvalue weighted by Gasteiger charge is -2.30. The van der Waals surface area contributed by atoms with Gasteiger partial charge in [0.2, 0.25) is 5.91 Å². The average Bonchev–Trinajstić information content (AvgIpc) is 2.99. The molecule has 0 spiro atoms. The fourth-order valence-corrected chi connectivity index (χ4v) is 4.90. The molecule has 2 aliphatic heterocycles. The Morgan fingerprint density at radius 1 is 1.20 bits per heavy atom. The third-order valence-corrected chi connectivity index (χ3v) is 6.76. The molecule has 10 heteroatoms. The van der Waals surface area contributed by atoms with Crippen molar-refractivity contribution in [3.05, 3.63) is 70.6 Å². The Morgan fingerprint density at radius 2 is 1.97 bits per heavy atom. The zero-order chi connectivity index (χ0) is 21.6. The summed E-state index contributed by atoms with van der Waals surface area (Å²) in [5.41, 5.74) is 1.89. The normalized spacial score (nSPS) is 18.9. The molecule has 1 atom stereocenters. The third-order valence-electron chi connectivity index (χ3n) is 5.09. The van der Waals surface area contributed by atoms with E-state index < -0.39 is 21.9 Å². The van der Waals surface area contributed by atoms with Crippen LogP contribution in [0.25, 0.3) is 0 Å². The molecule has 0 aliphatic carbocycles. The number of allylic oxidation sites excluding steroid dienone is 1. The van der Waals surface area contributed by atoms with Gasteiger partial charge in [-0.2, -0.15) is 0 Å². The first-order valence-electron chi connectivity index (χ1n) is 9.06. The van der Waals surface area contributed by atoms with Crippen molar-refractivity contribution in [2.24, 2.45) is 0 Å². The van der Waals surface area contributed by atoms with Gasteiger partial charge in [-0.15, -0.1) is 0 Å². The van der Waals surface area contributed by atoms with E-state index in [2.05, 4.69) is 16.6 Å². The summed E-state index contributed by atoms with van der Waals surface area (Å²) in [7, 11) is -4.01. The Hall–Kier alpha value is -2.91. The molecule has 156 valence electrons. The highest BCUT2D eigenvalue weighted by molar-refractivity contribution is 7.92. The minimum absolute atomic E-state index is 0.189. The fourth-order valence-electron chi connectivity index (χ4n) is 3.58. The molecule has 1 saturated heterocycles. The highest BCUT2D eigenvalue weighted by Crippen LogP contribution is 2.31. The summed E-state index contributed by atoms with van der Waals surface area (Å²) >= 11 is 5.68. The van der Waals surface area contributed by atoms with Gasteiger partial charge in [0.15, 0.2) is 0 Å². The monoisotopic (exact) mass is 449 g/mol. The number of rotatable bonds is 4. The predicted molar refractivity (Wildman–Crippen MR) is 109 cm³/mol. The van der Waals surface area contributed by atoms with E-state index in [0.717, 1.165) is 18.2 Å². The molecule has 1 fully saturated rings. The van der Waals surface area contributed by atoms with Crippen molar-refractivity contribution >= 4 is 39.1 Å². The van der Waals surface area contributed by atoms with Crippen LogP contribution in [-0.4, -0.2) is 31.2 Å². The number of nitrogens with one attached hydrogen (secondary N) is 2. The zero-order valence-corrected chi connectivity index (χ0v) is 17.2. The maximum Gasteiger partial charge on any atom is 0.261 e. The molecule has 0 bridgehead atoms. The first-order valence-corrected chi connectivity index (χ1v) is 10.9. The number of nitrogens with zero attached hydrogens (tertiary/aromatic N) is 1. The average molecular weight is 450 g/mol. The van der Waals surface area contributed by atoms with Crippen molar-refractivity contribution in [2.75, 3.05) is 4.72 Å². The molecule has 30 heavy (non-hydrogen) atoms. The molecule has 0 saturated carbocycles. The standard InChI is InChI=1S/C20H17ClFN3O4S/c1-11-2-7-18(19(26)23-11)25-10-12-8-13(3-5-15(12)20(25)27)24-30(28,29)14-4-6-17(22)16(21)9-14/h3-6,8-9,18,24H,1-2,7,10H2,(H,23,26). The van der Waals surface area contributed by atoms with Crippen LogP contribution in [0.4, 0.5) is 10.1 Å². The summed E-state index contributed by atoms with van der Waals surface area (Å²) in [6, 6.07) is 7.04. The molecular weight excluding hydrogens is 433 g/mol. The van der Waals surface area contributed by atoms with Gasteiger partial charge in [-0.25, -0.2) is 12.8 Å². The van der Waals surface area contributed by atoms with Crippen LogP contribution >= 0.6 is 11.6 Å². The second-order valence-corrected chi connectivity index (χ2v) is 9.22. The van der Waals surface area contributed by atoms with Gasteiger partial charge in [-0.05, 0) is 54.8 Å². The van der Waals surface area contributed by atoms with E-state index in [1.807, 2.05) is 0 Å². The third kappa shape index (κ3) is 3.66. The van der Waals surface area contributed by atoms with Gasteiger partial charge in [-0.1, -0.05) is 18.2 Å². The van der Waals surface area contributed by atoms with Crippen molar-refractivity contribution in [1.82, 2.24) is 10.2 Å². The molecule has 2 aliphatic rings. The van der Waals surface area contributed by atoms with Crippen LogP contribution in [0.15, 0.2) is 53.6 Å². The number of halogens is 2. The van der Waals surface area contributed by atoms with Gasteiger partial charge in [0.25, 0.3) is 15.9 Å². The predicted octanol–water partition coefficient (Wildman–Crippen LogP) is 3.03. The number of anilines is 1. The molecule has 2 heterocycles. The van der Waals surface area contributed by atoms with Crippen LogP contribution < -0.4 is 10.0 Å². The molecule has 7 nitrogen and oxygen atoms in total. The minimum Gasteiger partial charge on any atom is -0.329 e. The number of carbonyl (C=O) groups excluding carboxylic acids is 2. The van der Waals surface area contributed by atoms with Gasteiger partial charge < -0.3 is 10.2 Å². The highest BCUT2D eigenvalue weighted by Gasteiger charge is 2.38. The number of sulfonamides is 1. The van der Waals surface area contributed by atoms with Gasteiger partial charge in [-0.3, -0.25) is 14.3 Å². The largest absolute Gasteiger partial charge is 0.329 e. The number of hydrogen-bond donors (Lipinski definition) is 2. The molecule has 1 unspecified atom stereocenters. The van der Waals surface area contributed by atoms with Crippen LogP contribution in [0.3, 0.4) is 0 Å². The molecule has 2 N–H and O–H groups in total. The lowest BCUT2D eigenvalue weighted by molar-refractivity contribution is -0.126. The van der Waals surface area contributed by atoms with Crippen LogP contribution in [0.5, 0.6) is 0 Å². The van der Waals surface area contributed by atoms with Crippen molar-refractivity contribution in [3.8, 4) is 0 Å². The molecule has 2 aromatic rings. The lowest BCUT2D eigenvalue weighted by Crippen LogP contribution is -2.49. The molecule has 0 aromatic heterocycles. The van der Waals surface area contributed by atoms with E-state index in [-0.39, 0.29) is 34.0 Å². The zero-order valence-electron chi connectivity index (χ0n) is 15.6. The van der Waals surface area contributed by atoms with Crippen LogP contribution in [0.1, 0.15) is 28.8 Å². The molecule has 4 rings (SSSR count). The Labute approximate surface area is 177 Å². The number of fused-ring (bicyclic) bond motifs is 1. The number of hydrogen-bond acceptors (Lipinski definition) is 4. The first kappa shape index (κ1) is 20.4. The number of piperidine rings is 1. The van der Waals surface area contributed by atoms with Crippen molar-refractivity contribution < 1.29 is 22.4 Å². The maximum atomic E-state index is 13.3. The van der Waals surface area contributed by atoms with Crippen molar-refractivity contribution in [3.63, 3.8) is 0 Å². The topological polar surface area (TPSA) is 95.6 Å². The molecule has 2 aromatic carbocycles. The van der Waals surface area contributed by atoms with E-state index in [0.29, 0.717) is 29.7 Å². The quantitative estimate of drug-likeness (QED) is 0.750. The number of carbonyl (C=O) groups is 2. The van der Waals surface area contributed by atoms with Crippen LogP contribution in [0.2, 0.25) is 5.02 Å². The summed E-state index contributed by atoms with van der Waals surface area (Å²) in [6.45, 7) is 3.93. The summed E-state index contributed by atoms with van der Waals surface area (Å²) in [4.78, 5) is 26.3. The lowest BCUT2D eigenvalue weighted by atomic mass is 10.0. The van der Waals surface area contributed by atoms with E-state index in [4.69, 9.17) is 11.6 Å². The summed E-state index contributed by atoms with van der Waals surface area (Å²) in [6.07, 6.45) is 1.07. The van der Waals surface area contributed by atoms with Crippen LogP contribution in [-0.2, 0) is 21.4 Å². The van der Waals surface area contributed by atoms with E-state index >= 15 is 0 Å². The number of amides is 2. The smallest absolute Gasteiger partial charge is 0.261 e. The van der Waals surface area contributed by atoms with E-state index in [1.54, 1.807) is 6.07 Å². The van der Waals surface area contributed by atoms with Crippen molar-refractivity contribution in [1.29, 1.82) is 0 Å². The maximum absolute atomic E-state index is 13.3. The van der Waals surface area contributed by atoms with E-state index in [9.17, 15) is 22.4 Å². The number of benzene rings is 2. The minimum atomic E-state index is -4.01. The second kappa shape index (κ2) is 7.41. The Balaban J connectivity index is 1.56. The second-order valence-electron chi connectivity index (χ2n) is 7.13. The Kier molecular flexibility index (Phi) is 5.03. The molecular formula is C20H17ClFN3O4S.